The van der Waals surface area contributed by atoms with Gasteiger partial charge >= 0.3 is 0 Å². The Morgan fingerprint density at radius 1 is 1.10 bits per heavy atom. The molecule has 1 aromatic carbocycles. The Balaban J connectivity index is 1.70. The third kappa shape index (κ3) is 3.91. The third-order valence-electron chi connectivity index (χ3n) is 5.80. The number of ketones is 1. The molecule has 0 bridgehead atoms. The van der Waals surface area contributed by atoms with Crippen molar-refractivity contribution in [3.05, 3.63) is 64.6 Å². The normalized spacial score (nSPS) is 22.1. The Kier molecular flexibility index (Phi) is 5.74. The van der Waals surface area contributed by atoms with Gasteiger partial charge in [-0.05, 0) is 26.0 Å². The number of morpholine rings is 1. The van der Waals surface area contributed by atoms with Crippen molar-refractivity contribution < 1.29 is 28.7 Å². The van der Waals surface area contributed by atoms with E-state index in [0.29, 0.717) is 43.4 Å². The quantitative estimate of drug-likeness (QED) is 0.439. The van der Waals surface area contributed by atoms with Gasteiger partial charge in [-0.25, -0.2) is 0 Å². The van der Waals surface area contributed by atoms with E-state index in [1.165, 1.54) is 9.80 Å². The van der Waals surface area contributed by atoms with Crippen molar-refractivity contribution in [1.29, 1.82) is 0 Å². The number of likely N-dealkylation sites (tertiary alicyclic amines) is 1. The van der Waals surface area contributed by atoms with Gasteiger partial charge in [0.15, 0.2) is 0 Å². The highest BCUT2D eigenvalue weighted by Gasteiger charge is 2.47. The Hall–Kier alpha value is -2.90. The fraction of sp³-hybridized carbons (Fsp3) is 0.391. The number of quaternary nitrogens is 1. The minimum absolute atomic E-state index is 0.0789. The average Bonchev–Trinajstić information content (AvgIpc) is 3.28. The van der Waals surface area contributed by atoms with Crippen LogP contribution in [-0.2, 0) is 14.3 Å². The van der Waals surface area contributed by atoms with E-state index in [2.05, 4.69) is 0 Å². The lowest BCUT2D eigenvalue weighted by Crippen LogP contribution is -3.14. The number of ether oxygens (including phenoxy) is 1. The third-order valence-corrected chi connectivity index (χ3v) is 5.80. The summed E-state index contributed by atoms with van der Waals surface area (Å²) in [5.74, 6) is -0.282. The van der Waals surface area contributed by atoms with Crippen LogP contribution in [0.3, 0.4) is 0 Å². The number of aliphatic hydroxyl groups is 1. The summed E-state index contributed by atoms with van der Waals surface area (Å²) in [5, 5.41) is 11.0. The first-order valence-electron chi connectivity index (χ1n) is 10.3. The number of hydrogen-bond donors (Lipinski definition) is 2. The van der Waals surface area contributed by atoms with E-state index < -0.39 is 17.7 Å². The molecule has 2 fully saturated rings. The van der Waals surface area contributed by atoms with Crippen molar-refractivity contribution in [1.82, 2.24) is 4.90 Å². The highest BCUT2D eigenvalue weighted by atomic mass is 16.5. The second kappa shape index (κ2) is 8.45. The molecule has 2 aliphatic rings. The molecule has 1 aromatic heterocycles. The number of rotatable bonds is 5. The topological polar surface area (TPSA) is 84.4 Å². The number of nitrogens with zero attached hydrogens (tertiary/aromatic N) is 1. The van der Waals surface area contributed by atoms with Gasteiger partial charge < -0.3 is 24.1 Å². The standard InChI is InChI=1S/C23H26N2O5/c1-15-3-6-17(7-4-15)21(26)19-20(18-8-5-16(2)30-18)25(23(28)22(19)27)10-9-24-11-13-29-14-12-24/h3-8,20,26H,9-14H2,1-2H3/p+1/t20-/m1/s1. The van der Waals surface area contributed by atoms with Crippen molar-refractivity contribution in [2.75, 3.05) is 39.4 Å². The zero-order chi connectivity index (χ0) is 21.3. The average molecular weight is 411 g/mol. The SMILES string of the molecule is Cc1ccc(C(O)=C2C(=O)C(=O)N(CC[NH+]3CCOCC3)[C@@H]2c2ccc(C)o2)cc1. The lowest BCUT2D eigenvalue weighted by atomic mass is 9.99. The van der Waals surface area contributed by atoms with Crippen LogP contribution in [0, 0.1) is 13.8 Å². The number of carbonyl (C=O) groups is 2. The fourth-order valence-electron chi connectivity index (χ4n) is 4.06. The first kappa shape index (κ1) is 20.4. The Bertz CT molecular complexity index is 970. The van der Waals surface area contributed by atoms with Crippen LogP contribution in [0.5, 0.6) is 0 Å². The molecular weight excluding hydrogens is 384 g/mol. The number of Topliss-reactive ketones (excluding diaryl/α,β-unsaturated/α-hetero) is 1. The lowest BCUT2D eigenvalue weighted by Gasteiger charge is -2.28. The molecule has 0 spiro atoms. The predicted octanol–water partition coefficient (Wildman–Crippen LogP) is 1.23. The summed E-state index contributed by atoms with van der Waals surface area (Å²) in [6, 6.07) is 10.1. The minimum Gasteiger partial charge on any atom is -0.507 e. The Morgan fingerprint density at radius 3 is 2.43 bits per heavy atom. The van der Waals surface area contributed by atoms with Gasteiger partial charge in [0, 0.05) is 5.56 Å². The molecule has 7 heteroatoms. The van der Waals surface area contributed by atoms with Gasteiger partial charge in [-0.15, -0.1) is 0 Å². The van der Waals surface area contributed by atoms with E-state index in [1.54, 1.807) is 24.3 Å². The summed E-state index contributed by atoms with van der Waals surface area (Å²) < 4.78 is 11.2. The summed E-state index contributed by atoms with van der Waals surface area (Å²) >= 11 is 0. The highest BCUT2D eigenvalue weighted by Crippen LogP contribution is 2.39. The minimum atomic E-state index is -0.736. The largest absolute Gasteiger partial charge is 0.507 e. The second-order valence-corrected chi connectivity index (χ2v) is 7.92. The molecular formula is C23H27N2O5+. The van der Waals surface area contributed by atoms with Crippen LogP contribution in [0.2, 0.25) is 0 Å². The Labute approximate surface area is 175 Å². The van der Waals surface area contributed by atoms with Crippen molar-refractivity contribution >= 4 is 17.4 Å². The first-order valence-corrected chi connectivity index (χ1v) is 10.3. The molecule has 0 saturated carbocycles. The van der Waals surface area contributed by atoms with Gasteiger partial charge in [0.2, 0.25) is 0 Å². The first-order chi connectivity index (χ1) is 14.5. The smallest absolute Gasteiger partial charge is 0.295 e. The molecule has 1 amide bonds. The van der Waals surface area contributed by atoms with Crippen molar-refractivity contribution in [2.24, 2.45) is 0 Å². The molecule has 0 aliphatic carbocycles. The lowest BCUT2D eigenvalue weighted by molar-refractivity contribution is -0.907. The van der Waals surface area contributed by atoms with Gasteiger partial charge in [0.1, 0.15) is 36.4 Å². The second-order valence-electron chi connectivity index (χ2n) is 7.92. The van der Waals surface area contributed by atoms with Crippen LogP contribution in [0.4, 0.5) is 0 Å². The molecule has 2 aliphatic heterocycles. The van der Waals surface area contributed by atoms with Gasteiger partial charge in [-0.2, -0.15) is 0 Å². The summed E-state index contributed by atoms with van der Waals surface area (Å²) in [4.78, 5) is 28.7. The number of hydrogen-bond acceptors (Lipinski definition) is 5. The summed E-state index contributed by atoms with van der Waals surface area (Å²) in [6.07, 6.45) is 0. The zero-order valence-electron chi connectivity index (χ0n) is 17.3. The number of furan rings is 1. The number of carbonyl (C=O) groups excluding carboxylic acids is 2. The van der Waals surface area contributed by atoms with Crippen molar-refractivity contribution in [3.63, 3.8) is 0 Å². The van der Waals surface area contributed by atoms with E-state index >= 15 is 0 Å². The monoisotopic (exact) mass is 411 g/mol. The fourth-order valence-corrected chi connectivity index (χ4v) is 4.06. The maximum atomic E-state index is 13.0. The molecule has 2 saturated heterocycles. The number of aliphatic hydroxyl groups excluding tert-OH is 1. The van der Waals surface area contributed by atoms with Crippen LogP contribution in [-0.4, -0.2) is 61.1 Å². The molecule has 3 heterocycles. The van der Waals surface area contributed by atoms with Crippen LogP contribution in [0.1, 0.15) is 28.7 Å². The van der Waals surface area contributed by atoms with Gasteiger partial charge in [0.05, 0.1) is 31.9 Å². The molecule has 158 valence electrons. The maximum Gasteiger partial charge on any atom is 0.295 e. The molecule has 2 N–H and O–H groups in total. The van der Waals surface area contributed by atoms with E-state index in [0.717, 1.165) is 18.7 Å². The zero-order valence-corrected chi connectivity index (χ0v) is 17.3. The van der Waals surface area contributed by atoms with Gasteiger partial charge in [-0.1, -0.05) is 29.8 Å². The number of benzene rings is 1. The van der Waals surface area contributed by atoms with Gasteiger partial charge in [0.25, 0.3) is 11.7 Å². The predicted molar refractivity (Wildman–Crippen MR) is 110 cm³/mol. The number of aryl methyl sites for hydroxylation is 2. The maximum absolute atomic E-state index is 13.0. The van der Waals surface area contributed by atoms with E-state index in [4.69, 9.17) is 9.15 Å². The summed E-state index contributed by atoms with van der Waals surface area (Å²) in [6.45, 7) is 8.00. The summed E-state index contributed by atoms with van der Waals surface area (Å²) in [7, 11) is 0. The number of nitrogens with one attached hydrogen (secondary N) is 1. The van der Waals surface area contributed by atoms with Crippen molar-refractivity contribution in [3.8, 4) is 0 Å². The van der Waals surface area contributed by atoms with Gasteiger partial charge in [-0.3, -0.25) is 9.59 Å². The van der Waals surface area contributed by atoms with Crippen LogP contribution in [0.25, 0.3) is 5.76 Å². The highest BCUT2D eigenvalue weighted by molar-refractivity contribution is 6.46. The Morgan fingerprint density at radius 2 is 1.80 bits per heavy atom. The molecule has 2 aromatic rings. The molecule has 7 nitrogen and oxygen atoms in total. The summed E-state index contributed by atoms with van der Waals surface area (Å²) in [5.41, 5.74) is 1.62. The molecule has 0 unspecified atom stereocenters. The van der Waals surface area contributed by atoms with Crippen molar-refractivity contribution in [2.45, 2.75) is 19.9 Å². The van der Waals surface area contributed by atoms with Crippen LogP contribution in [0.15, 0.2) is 46.4 Å². The van der Waals surface area contributed by atoms with Crippen LogP contribution < -0.4 is 4.90 Å². The van der Waals surface area contributed by atoms with E-state index in [-0.39, 0.29) is 11.3 Å². The van der Waals surface area contributed by atoms with Crippen LogP contribution >= 0.6 is 0 Å². The molecule has 1 atom stereocenters. The number of amides is 1. The van der Waals surface area contributed by atoms with E-state index in [9.17, 15) is 14.7 Å². The molecule has 4 rings (SSSR count). The van der Waals surface area contributed by atoms with E-state index in [1.807, 2.05) is 26.0 Å². The molecule has 0 radical (unpaired) electrons. The molecule has 30 heavy (non-hydrogen) atoms.